The lowest BCUT2D eigenvalue weighted by atomic mass is 9.95. The Labute approximate surface area is 119 Å². The molecule has 0 radical (unpaired) electrons. The van der Waals surface area contributed by atoms with Gasteiger partial charge in [-0.3, -0.25) is 4.79 Å². The largest absolute Gasteiger partial charge is 0.352 e. The van der Waals surface area contributed by atoms with E-state index in [1.54, 1.807) is 11.3 Å². The molecule has 3 nitrogen and oxygen atoms in total. The second-order valence-electron chi connectivity index (χ2n) is 4.83. The van der Waals surface area contributed by atoms with Crippen molar-refractivity contribution in [1.82, 2.24) is 10.6 Å². The summed E-state index contributed by atoms with van der Waals surface area (Å²) in [4.78, 5) is 14.3. The Balaban J connectivity index is 0.00000162. The number of hydrogen-bond donors (Lipinski definition) is 2. The van der Waals surface area contributed by atoms with Crippen LogP contribution in [0, 0.1) is 12.8 Å². The summed E-state index contributed by atoms with van der Waals surface area (Å²) in [6, 6.07) is 4.40. The van der Waals surface area contributed by atoms with Crippen molar-refractivity contribution in [2.75, 3.05) is 13.1 Å². The topological polar surface area (TPSA) is 41.1 Å². The normalized spacial score (nSPS) is 23.2. The Morgan fingerprint density at radius 3 is 2.94 bits per heavy atom. The Hall–Kier alpha value is -0.580. The molecule has 2 rings (SSSR count). The maximum atomic E-state index is 11.9. The quantitative estimate of drug-likeness (QED) is 0.895. The standard InChI is InChI=1S/C13H20N2OS.ClH/c1-9-5-6-14-8-12(9)15-13(16)7-11-4-3-10(2)17-11;/h3-4,9,12,14H,5-8H2,1-2H3,(H,15,16);1H. The molecule has 2 atom stereocenters. The lowest BCUT2D eigenvalue weighted by Gasteiger charge is -2.30. The van der Waals surface area contributed by atoms with Gasteiger partial charge in [0.05, 0.1) is 6.42 Å². The zero-order valence-corrected chi connectivity index (χ0v) is 12.5. The number of amides is 1. The molecule has 0 spiro atoms. The monoisotopic (exact) mass is 288 g/mol. The SMILES string of the molecule is Cc1ccc(CC(=O)NC2CNCCC2C)s1.Cl. The Kier molecular flexibility index (Phi) is 6.12. The maximum absolute atomic E-state index is 11.9. The van der Waals surface area contributed by atoms with Gasteiger partial charge in [-0.15, -0.1) is 23.7 Å². The third kappa shape index (κ3) is 4.26. The van der Waals surface area contributed by atoms with Gasteiger partial charge in [0.1, 0.15) is 0 Å². The van der Waals surface area contributed by atoms with Gasteiger partial charge in [0, 0.05) is 22.3 Å². The van der Waals surface area contributed by atoms with E-state index < -0.39 is 0 Å². The Morgan fingerprint density at radius 2 is 2.33 bits per heavy atom. The molecule has 0 saturated carbocycles. The first-order valence-corrected chi connectivity index (χ1v) is 7.02. The van der Waals surface area contributed by atoms with Crippen LogP contribution in [-0.4, -0.2) is 25.0 Å². The second kappa shape index (κ2) is 7.12. The Bertz CT molecular complexity index is 394. The van der Waals surface area contributed by atoms with Crippen molar-refractivity contribution in [3.8, 4) is 0 Å². The van der Waals surface area contributed by atoms with Crippen LogP contribution in [0.2, 0.25) is 0 Å². The molecule has 102 valence electrons. The average Bonchev–Trinajstić information content (AvgIpc) is 2.67. The minimum absolute atomic E-state index is 0. The van der Waals surface area contributed by atoms with Crippen LogP contribution in [0.25, 0.3) is 0 Å². The molecule has 18 heavy (non-hydrogen) atoms. The number of carbonyl (C=O) groups is 1. The molecule has 1 saturated heterocycles. The van der Waals surface area contributed by atoms with Crippen LogP contribution in [0.4, 0.5) is 0 Å². The third-order valence-electron chi connectivity index (χ3n) is 3.30. The fourth-order valence-corrected chi connectivity index (χ4v) is 3.07. The van der Waals surface area contributed by atoms with Crippen molar-refractivity contribution in [1.29, 1.82) is 0 Å². The van der Waals surface area contributed by atoms with E-state index in [0.717, 1.165) is 24.4 Å². The molecule has 2 heterocycles. The molecule has 1 aliphatic heterocycles. The van der Waals surface area contributed by atoms with Crippen LogP contribution in [0.1, 0.15) is 23.1 Å². The van der Waals surface area contributed by atoms with Gasteiger partial charge in [-0.1, -0.05) is 6.92 Å². The highest BCUT2D eigenvalue weighted by Gasteiger charge is 2.22. The van der Waals surface area contributed by atoms with Crippen LogP contribution < -0.4 is 10.6 Å². The van der Waals surface area contributed by atoms with E-state index in [1.807, 2.05) is 6.07 Å². The van der Waals surface area contributed by atoms with Gasteiger partial charge in [-0.2, -0.15) is 0 Å². The summed E-state index contributed by atoms with van der Waals surface area (Å²) in [5.74, 6) is 0.720. The number of aryl methyl sites for hydroxylation is 1. The number of carbonyl (C=O) groups excluding carboxylic acids is 1. The van der Waals surface area contributed by atoms with Crippen LogP contribution in [0.5, 0.6) is 0 Å². The zero-order chi connectivity index (χ0) is 12.3. The van der Waals surface area contributed by atoms with Crippen LogP contribution >= 0.6 is 23.7 Å². The molecule has 0 bridgehead atoms. The Morgan fingerprint density at radius 1 is 1.56 bits per heavy atom. The fraction of sp³-hybridized carbons (Fsp3) is 0.615. The van der Waals surface area contributed by atoms with E-state index in [1.165, 1.54) is 4.88 Å². The molecular weight excluding hydrogens is 268 g/mol. The number of halogens is 1. The first-order valence-electron chi connectivity index (χ1n) is 6.20. The summed E-state index contributed by atoms with van der Waals surface area (Å²) in [7, 11) is 0. The number of nitrogens with one attached hydrogen (secondary N) is 2. The summed E-state index contributed by atoms with van der Waals surface area (Å²) in [5, 5.41) is 6.46. The highest BCUT2D eigenvalue weighted by Crippen LogP contribution is 2.16. The predicted molar refractivity (Wildman–Crippen MR) is 78.6 cm³/mol. The summed E-state index contributed by atoms with van der Waals surface area (Å²) >= 11 is 1.70. The van der Waals surface area contributed by atoms with E-state index in [9.17, 15) is 4.79 Å². The molecule has 2 unspecified atom stereocenters. The summed E-state index contributed by atoms with van der Waals surface area (Å²) in [6.07, 6.45) is 1.66. The van der Waals surface area contributed by atoms with E-state index >= 15 is 0 Å². The van der Waals surface area contributed by atoms with E-state index in [4.69, 9.17) is 0 Å². The molecule has 0 aliphatic carbocycles. The van der Waals surface area contributed by atoms with Gasteiger partial charge in [-0.05, 0) is 37.9 Å². The van der Waals surface area contributed by atoms with Crippen molar-refractivity contribution in [3.05, 3.63) is 21.9 Å². The minimum atomic E-state index is 0. The van der Waals surface area contributed by atoms with Gasteiger partial charge in [0.25, 0.3) is 0 Å². The van der Waals surface area contributed by atoms with Gasteiger partial charge < -0.3 is 10.6 Å². The van der Waals surface area contributed by atoms with Crippen molar-refractivity contribution in [2.45, 2.75) is 32.7 Å². The highest BCUT2D eigenvalue weighted by molar-refractivity contribution is 7.12. The molecule has 1 aliphatic rings. The highest BCUT2D eigenvalue weighted by atomic mass is 35.5. The molecular formula is C13H21ClN2OS. The van der Waals surface area contributed by atoms with Crippen molar-refractivity contribution >= 4 is 29.7 Å². The van der Waals surface area contributed by atoms with Gasteiger partial charge >= 0.3 is 0 Å². The summed E-state index contributed by atoms with van der Waals surface area (Å²) in [5.41, 5.74) is 0. The predicted octanol–water partition coefficient (Wildman–Crippen LogP) is 2.14. The second-order valence-corrected chi connectivity index (χ2v) is 6.21. The molecule has 0 aromatic carbocycles. The number of thiophene rings is 1. The third-order valence-corrected chi connectivity index (χ3v) is 4.31. The zero-order valence-electron chi connectivity index (χ0n) is 10.9. The van der Waals surface area contributed by atoms with E-state index in [-0.39, 0.29) is 24.4 Å². The van der Waals surface area contributed by atoms with Crippen molar-refractivity contribution < 1.29 is 4.79 Å². The molecule has 1 amide bonds. The maximum Gasteiger partial charge on any atom is 0.225 e. The molecule has 1 fully saturated rings. The first kappa shape index (κ1) is 15.5. The number of rotatable bonds is 3. The molecule has 1 aromatic heterocycles. The lowest BCUT2D eigenvalue weighted by Crippen LogP contribution is -2.50. The van der Waals surface area contributed by atoms with Gasteiger partial charge in [0.2, 0.25) is 5.91 Å². The van der Waals surface area contributed by atoms with E-state index in [2.05, 4.69) is 30.5 Å². The van der Waals surface area contributed by atoms with Crippen molar-refractivity contribution in [3.63, 3.8) is 0 Å². The van der Waals surface area contributed by atoms with Gasteiger partial charge in [0.15, 0.2) is 0 Å². The van der Waals surface area contributed by atoms with Crippen LogP contribution in [0.15, 0.2) is 12.1 Å². The fourth-order valence-electron chi connectivity index (χ4n) is 2.18. The van der Waals surface area contributed by atoms with Crippen LogP contribution in [0.3, 0.4) is 0 Å². The smallest absolute Gasteiger partial charge is 0.225 e. The van der Waals surface area contributed by atoms with Crippen molar-refractivity contribution in [2.24, 2.45) is 5.92 Å². The minimum Gasteiger partial charge on any atom is -0.352 e. The molecule has 5 heteroatoms. The lowest BCUT2D eigenvalue weighted by molar-refractivity contribution is -0.121. The van der Waals surface area contributed by atoms with E-state index in [0.29, 0.717) is 12.3 Å². The molecule has 2 N–H and O–H groups in total. The summed E-state index contributed by atoms with van der Waals surface area (Å²) in [6.45, 7) is 6.24. The number of hydrogen-bond acceptors (Lipinski definition) is 3. The summed E-state index contributed by atoms with van der Waals surface area (Å²) < 4.78 is 0. The van der Waals surface area contributed by atoms with Gasteiger partial charge in [-0.25, -0.2) is 0 Å². The first-order chi connectivity index (χ1) is 8.15. The van der Waals surface area contributed by atoms with Crippen LogP contribution in [-0.2, 0) is 11.2 Å². The molecule has 1 aromatic rings. The average molecular weight is 289 g/mol. The number of piperidine rings is 1.